The zero-order valence-corrected chi connectivity index (χ0v) is 12.8. The van der Waals surface area contributed by atoms with Crippen LogP contribution >= 0.6 is 0 Å². The number of hydrogen-bond donors (Lipinski definition) is 2. The zero-order chi connectivity index (χ0) is 14.3. The minimum absolute atomic E-state index is 0.0315. The summed E-state index contributed by atoms with van der Waals surface area (Å²) >= 11 is 0. The Labute approximate surface area is 112 Å². The van der Waals surface area contributed by atoms with E-state index >= 15 is 0 Å². The molecule has 0 aromatic carbocycles. The molecular weight excluding hydrogens is 228 g/mol. The van der Waals surface area contributed by atoms with Gasteiger partial charge in [0.15, 0.2) is 0 Å². The Kier molecular flexibility index (Phi) is 7.48. The van der Waals surface area contributed by atoms with Gasteiger partial charge in [0.25, 0.3) is 0 Å². The molecule has 0 aliphatic rings. The van der Waals surface area contributed by atoms with E-state index in [0.717, 1.165) is 6.42 Å². The molecule has 0 aromatic rings. The first kappa shape index (κ1) is 17.4. The lowest BCUT2D eigenvalue weighted by Crippen LogP contribution is -2.45. The van der Waals surface area contributed by atoms with Crippen molar-refractivity contribution in [1.82, 2.24) is 10.2 Å². The number of hydrogen-bond acceptors (Lipinski definition) is 3. The highest BCUT2D eigenvalue weighted by molar-refractivity contribution is 5.78. The molecule has 2 N–H and O–H groups in total. The van der Waals surface area contributed by atoms with E-state index in [1.807, 2.05) is 25.8 Å². The highest BCUT2D eigenvalue weighted by atomic mass is 16.3. The summed E-state index contributed by atoms with van der Waals surface area (Å²) in [5, 5.41) is 12.9. The second-order valence-electron chi connectivity index (χ2n) is 6.22. The van der Waals surface area contributed by atoms with E-state index in [0.29, 0.717) is 31.5 Å². The Bertz CT molecular complexity index is 250. The van der Waals surface area contributed by atoms with Gasteiger partial charge in [0.1, 0.15) is 0 Å². The van der Waals surface area contributed by atoms with Gasteiger partial charge in [-0.05, 0) is 46.6 Å². The normalized spacial score (nSPS) is 15.2. The van der Waals surface area contributed by atoms with Crippen LogP contribution in [0.4, 0.5) is 0 Å². The molecule has 0 heterocycles. The van der Waals surface area contributed by atoms with Crippen LogP contribution in [0, 0.1) is 5.92 Å². The van der Waals surface area contributed by atoms with E-state index in [1.165, 1.54) is 0 Å². The third kappa shape index (κ3) is 8.48. The molecule has 0 fully saturated rings. The Morgan fingerprint density at radius 1 is 1.33 bits per heavy atom. The van der Waals surface area contributed by atoms with Crippen LogP contribution in [0.15, 0.2) is 0 Å². The summed E-state index contributed by atoms with van der Waals surface area (Å²) in [5.74, 6) is 0.537. The first-order chi connectivity index (χ1) is 8.14. The van der Waals surface area contributed by atoms with Crippen LogP contribution in [-0.4, -0.2) is 47.7 Å². The van der Waals surface area contributed by atoms with Gasteiger partial charge in [-0.3, -0.25) is 9.69 Å². The van der Waals surface area contributed by atoms with Gasteiger partial charge in [-0.15, -0.1) is 0 Å². The van der Waals surface area contributed by atoms with Crippen molar-refractivity contribution in [3.05, 3.63) is 0 Å². The number of carbonyl (C=O) groups is 1. The standard InChI is InChI=1S/C14H30N2O2/c1-11(2)7-8-14(5,18)10-15-13(17)9-16(6)12(3)4/h11-12,18H,7-10H2,1-6H3,(H,15,17). The Morgan fingerprint density at radius 3 is 2.33 bits per heavy atom. The lowest BCUT2D eigenvalue weighted by molar-refractivity contribution is -0.123. The average Bonchev–Trinajstić information content (AvgIpc) is 2.24. The highest BCUT2D eigenvalue weighted by Gasteiger charge is 2.21. The Balaban J connectivity index is 3.96. The SMILES string of the molecule is CC(C)CCC(C)(O)CNC(=O)CN(C)C(C)C. The van der Waals surface area contributed by atoms with E-state index in [4.69, 9.17) is 0 Å². The molecule has 0 aromatic heterocycles. The van der Waals surface area contributed by atoms with Crippen LogP contribution in [0.2, 0.25) is 0 Å². The minimum Gasteiger partial charge on any atom is -0.388 e. The topological polar surface area (TPSA) is 52.6 Å². The van der Waals surface area contributed by atoms with Gasteiger partial charge in [0, 0.05) is 12.6 Å². The molecule has 0 aliphatic heterocycles. The molecule has 18 heavy (non-hydrogen) atoms. The summed E-state index contributed by atoms with van der Waals surface area (Å²) in [4.78, 5) is 13.6. The molecule has 4 nitrogen and oxygen atoms in total. The van der Waals surface area contributed by atoms with Crippen molar-refractivity contribution in [2.45, 2.75) is 59.1 Å². The van der Waals surface area contributed by atoms with E-state index in [-0.39, 0.29) is 5.91 Å². The quantitative estimate of drug-likeness (QED) is 0.696. The summed E-state index contributed by atoms with van der Waals surface area (Å²) in [6, 6.07) is 0.345. The maximum atomic E-state index is 11.7. The van der Waals surface area contributed by atoms with Crippen LogP contribution in [-0.2, 0) is 4.79 Å². The number of carbonyl (C=O) groups excluding carboxylic acids is 1. The second-order valence-corrected chi connectivity index (χ2v) is 6.22. The smallest absolute Gasteiger partial charge is 0.234 e. The molecule has 1 unspecified atom stereocenters. The van der Waals surface area contributed by atoms with Crippen molar-refractivity contribution >= 4 is 5.91 Å². The predicted molar refractivity (Wildman–Crippen MR) is 75.5 cm³/mol. The van der Waals surface area contributed by atoms with Crippen LogP contribution in [0.5, 0.6) is 0 Å². The zero-order valence-electron chi connectivity index (χ0n) is 12.8. The lowest BCUT2D eigenvalue weighted by atomic mass is 9.95. The third-order valence-corrected chi connectivity index (χ3v) is 3.20. The molecule has 1 amide bonds. The van der Waals surface area contributed by atoms with Gasteiger partial charge >= 0.3 is 0 Å². The Hall–Kier alpha value is -0.610. The lowest BCUT2D eigenvalue weighted by Gasteiger charge is -2.26. The molecule has 0 saturated heterocycles. The summed E-state index contributed by atoms with van der Waals surface area (Å²) < 4.78 is 0. The van der Waals surface area contributed by atoms with Gasteiger partial charge in [-0.2, -0.15) is 0 Å². The minimum atomic E-state index is -0.809. The molecule has 0 bridgehead atoms. The predicted octanol–water partition coefficient (Wildman–Crippen LogP) is 1.63. The first-order valence-corrected chi connectivity index (χ1v) is 6.83. The van der Waals surface area contributed by atoms with Crippen LogP contribution in [0.25, 0.3) is 0 Å². The number of nitrogens with zero attached hydrogens (tertiary/aromatic N) is 1. The van der Waals surface area contributed by atoms with Crippen molar-refractivity contribution in [2.75, 3.05) is 20.1 Å². The molecule has 1 atom stereocenters. The maximum Gasteiger partial charge on any atom is 0.234 e. The van der Waals surface area contributed by atoms with Crippen molar-refractivity contribution in [1.29, 1.82) is 0 Å². The molecule has 0 aliphatic carbocycles. The molecule has 108 valence electrons. The molecule has 0 saturated carbocycles. The summed E-state index contributed by atoms with van der Waals surface area (Å²) in [5.41, 5.74) is -0.809. The number of amides is 1. The van der Waals surface area contributed by atoms with E-state index in [1.54, 1.807) is 6.92 Å². The summed E-state index contributed by atoms with van der Waals surface area (Å²) in [7, 11) is 1.92. The summed E-state index contributed by atoms with van der Waals surface area (Å²) in [6.45, 7) is 10.8. The van der Waals surface area contributed by atoms with Gasteiger partial charge < -0.3 is 10.4 Å². The third-order valence-electron chi connectivity index (χ3n) is 3.20. The van der Waals surface area contributed by atoms with E-state index in [2.05, 4.69) is 19.2 Å². The van der Waals surface area contributed by atoms with E-state index < -0.39 is 5.60 Å². The van der Waals surface area contributed by atoms with Gasteiger partial charge in [-0.1, -0.05) is 13.8 Å². The summed E-state index contributed by atoms with van der Waals surface area (Å²) in [6.07, 6.45) is 1.68. The fraction of sp³-hybridized carbons (Fsp3) is 0.929. The van der Waals surface area contributed by atoms with Crippen molar-refractivity contribution in [3.8, 4) is 0 Å². The molecule has 0 rings (SSSR count). The number of aliphatic hydroxyl groups is 1. The maximum absolute atomic E-state index is 11.7. The van der Waals surface area contributed by atoms with Crippen LogP contribution in [0.3, 0.4) is 0 Å². The molecule has 0 radical (unpaired) electrons. The van der Waals surface area contributed by atoms with Gasteiger partial charge in [-0.25, -0.2) is 0 Å². The number of likely N-dealkylation sites (N-methyl/N-ethyl adjacent to an activating group) is 1. The van der Waals surface area contributed by atoms with Crippen LogP contribution < -0.4 is 5.32 Å². The van der Waals surface area contributed by atoms with Gasteiger partial charge in [0.2, 0.25) is 5.91 Å². The van der Waals surface area contributed by atoms with Crippen molar-refractivity contribution in [2.24, 2.45) is 5.92 Å². The fourth-order valence-corrected chi connectivity index (χ4v) is 1.44. The van der Waals surface area contributed by atoms with Gasteiger partial charge in [0.05, 0.1) is 12.1 Å². The Morgan fingerprint density at radius 2 is 1.89 bits per heavy atom. The fourth-order valence-electron chi connectivity index (χ4n) is 1.44. The number of rotatable bonds is 8. The van der Waals surface area contributed by atoms with Crippen molar-refractivity contribution < 1.29 is 9.90 Å². The largest absolute Gasteiger partial charge is 0.388 e. The molecular formula is C14H30N2O2. The molecule has 4 heteroatoms. The molecule has 0 spiro atoms. The second kappa shape index (κ2) is 7.74. The van der Waals surface area contributed by atoms with E-state index in [9.17, 15) is 9.90 Å². The number of nitrogens with one attached hydrogen (secondary N) is 1. The highest BCUT2D eigenvalue weighted by Crippen LogP contribution is 2.15. The van der Waals surface area contributed by atoms with Crippen molar-refractivity contribution in [3.63, 3.8) is 0 Å². The monoisotopic (exact) mass is 258 g/mol. The first-order valence-electron chi connectivity index (χ1n) is 6.83. The van der Waals surface area contributed by atoms with Crippen LogP contribution in [0.1, 0.15) is 47.5 Å². The average molecular weight is 258 g/mol.